The minimum atomic E-state index is -3.54. The molecule has 1 heterocycles. The molecule has 0 atom stereocenters. The van der Waals surface area contributed by atoms with Crippen LogP contribution in [-0.2, 0) is 16.4 Å². The molecule has 0 spiro atoms. The number of aromatic nitrogens is 2. The fourth-order valence-electron chi connectivity index (χ4n) is 3.32. The Labute approximate surface area is 164 Å². The third kappa shape index (κ3) is 4.36. The molecule has 1 fully saturated rings. The highest BCUT2D eigenvalue weighted by molar-refractivity contribution is 7.89. The van der Waals surface area contributed by atoms with E-state index < -0.39 is 10.0 Å². The Morgan fingerprint density at radius 2 is 1.89 bits per heavy atom. The third-order valence-electron chi connectivity index (χ3n) is 4.97. The lowest BCUT2D eigenvalue weighted by molar-refractivity contribution is 0.102. The normalized spacial score (nSPS) is 15.8. The molecule has 27 heavy (non-hydrogen) atoms. The van der Waals surface area contributed by atoms with Crippen LogP contribution in [0.4, 0.5) is 5.69 Å². The Balaban J connectivity index is 1.71. The number of hydrogen-bond acceptors (Lipinski definition) is 6. The van der Waals surface area contributed by atoms with Crippen LogP contribution in [0.1, 0.15) is 54.4 Å². The fraction of sp³-hybridized carbons (Fsp3) is 0.500. The van der Waals surface area contributed by atoms with Crippen LogP contribution in [0.2, 0.25) is 0 Å². The summed E-state index contributed by atoms with van der Waals surface area (Å²) >= 11 is 1.05. The molecule has 0 radical (unpaired) electrons. The Bertz CT molecular complexity index is 888. The molecule has 1 aromatic heterocycles. The van der Waals surface area contributed by atoms with Gasteiger partial charge in [-0.2, -0.15) is 4.31 Å². The van der Waals surface area contributed by atoms with Gasteiger partial charge < -0.3 is 5.32 Å². The van der Waals surface area contributed by atoms with Gasteiger partial charge in [0.2, 0.25) is 10.0 Å². The Morgan fingerprint density at radius 3 is 2.52 bits per heavy atom. The largest absolute Gasteiger partial charge is 0.321 e. The molecule has 1 aliphatic rings. The maximum absolute atomic E-state index is 12.9. The minimum Gasteiger partial charge on any atom is -0.321 e. The summed E-state index contributed by atoms with van der Waals surface area (Å²) in [6.45, 7) is 1.91. The van der Waals surface area contributed by atoms with Crippen LogP contribution in [0.5, 0.6) is 0 Å². The van der Waals surface area contributed by atoms with Gasteiger partial charge in [0.05, 0.1) is 10.6 Å². The molecule has 146 valence electrons. The second-order valence-electron chi connectivity index (χ2n) is 6.69. The van der Waals surface area contributed by atoms with Crippen LogP contribution in [0.3, 0.4) is 0 Å². The second kappa shape index (κ2) is 8.45. The van der Waals surface area contributed by atoms with Crippen molar-refractivity contribution < 1.29 is 13.2 Å². The number of carbonyl (C=O) groups excluding carboxylic acids is 1. The number of benzene rings is 1. The van der Waals surface area contributed by atoms with Crippen molar-refractivity contribution >= 4 is 33.2 Å². The molecule has 9 heteroatoms. The summed E-state index contributed by atoms with van der Waals surface area (Å²) in [6, 6.07) is 6.36. The highest BCUT2D eigenvalue weighted by Gasteiger charge is 2.29. The van der Waals surface area contributed by atoms with E-state index in [1.54, 1.807) is 19.2 Å². The van der Waals surface area contributed by atoms with Crippen molar-refractivity contribution in [2.75, 3.05) is 12.4 Å². The molecule has 7 nitrogen and oxygen atoms in total. The lowest BCUT2D eigenvalue weighted by atomic mass is 9.96. The number of anilines is 1. The molecule has 1 amide bonds. The number of aryl methyl sites for hydroxylation is 1. The Morgan fingerprint density at radius 1 is 1.22 bits per heavy atom. The molecule has 3 rings (SSSR count). The van der Waals surface area contributed by atoms with E-state index in [0.717, 1.165) is 37.2 Å². The van der Waals surface area contributed by atoms with Gasteiger partial charge in [-0.05, 0) is 55.1 Å². The van der Waals surface area contributed by atoms with Gasteiger partial charge in [0.25, 0.3) is 5.91 Å². The summed E-state index contributed by atoms with van der Waals surface area (Å²) in [5, 5.41) is 6.70. The third-order valence-corrected chi connectivity index (χ3v) is 7.67. The number of hydrogen-bond donors (Lipinski definition) is 1. The number of rotatable bonds is 6. The Hall–Kier alpha value is -1.84. The van der Waals surface area contributed by atoms with E-state index in [2.05, 4.69) is 14.9 Å². The van der Waals surface area contributed by atoms with E-state index in [4.69, 9.17) is 0 Å². The van der Waals surface area contributed by atoms with Gasteiger partial charge in [-0.15, -0.1) is 5.10 Å². The lowest BCUT2D eigenvalue weighted by Crippen LogP contribution is -2.38. The quantitative estimate of drug-likeness (QED) is 0.792. The van der Waals surface area contributed by atoms with Crippen LogP contribution in [0, 0.1) is 0 Å². The summed E-state index contributed by atoms with van der Waals surface area (Å²) in [4.78, 5) is 13.1. The highest BCUT2D eigenvalue weighted by Crippen LogP contribution is 2.27. The van der Waals surface area contributed by atoms with Crippen molar-refractivity contribution in [2.45, 2.75) is 56.4 Å². The van der Waals surface area contributed by atoms with Crippen molar-refractivity contribution in [3.8, 4) is 0 Å². The molecular formula is C18H24N4O3S2. The zero-order valence-electron chi connectivity index (χ0n) is 15.5. The molecule has 0 aliphatic heterocycles. The van der Waals surface area contributed by atoms with Crippen molar-refractivity contribution in [3.63, 3.8) is 0 Å². The van der Waals surface area contributed by atoms with Crippen LogP contribution >= 0.6 is 11.5 Å². The van der Waals surface area contributed by atoms with E-state index in [1.165, 1.54) is 22.9 Å². The van der Waals surface area contributed by atoms with Crippen LogP contribution in [-0.4, -0.2) is 41.3 Å². The van der Waals surface area contributed by atoms with Crippen molar-refractivity contribution in [2.24, 2.45) is 0 Å². The van der Waals surface area contributed by atoms with E-state index in [0.29, 0.717) is 22.7 Å². The molecule has 0 saturated heterocycles. The number of amides is 1. The summed E-state index contributed by atoms with van der Waals surface area (Å²) in [5.41, 5.74) is 1.19. The maximum Gasteiger partial charge on any atom is 0.269 e. The summed E-state index contributed by atoms with van der Waals surface area (Å²) < 4.78 is 31.0. The summed E-state index contributed by atoms with van der Waals surface area (Å²) in [7, 11) is -1.88. The number of carbonyl (C=O) groups is 1. The van der Waals surface area contributed by atoms with Gasteiger partial charge in [-0.25, -0.2) is 8.42 Å². The topological polar surface area (TPSA) is 92.3 Å². The van der Waals surface area contributed by atoms with Gasteiger partial charge in [0, 0.05) is 18.8 Å². The first-order chi connectivity index (χ1) is 12.9. The first-order valence-electron chi connectivity index (χ1n) is 9.14. The highest BCUT2D eigenvalue weighted by atomic mass is 32.2. The van der Waals surface area contributed by atoms with E-state index in [1.807, 2.05) is 6.92 Å². The number of nitrogens with one attached hydrogen (secondary N) is 1. The van der Waals surface area contributed by atoms with E-state index in [9.17, 15) is 13.2 Å². The predicted octanol–water partition coefficient (Wildman–Crippen LogP) is 3.31. The molecule has 1 aromatic carbocycles. The molecule has 1 saturated carbocycles. The first-order valence-corrected chi connectivity index (χ1v) is 11.4. The van der Waals surface area contributed by atoms with Gasteiger partial charge in [0.15, 0.2) is 0 Å². The van der Waals surface area contributed by atoms with E-state index >= 15 is 0 Å². The SMILES string of the molecule is CCc1nnsc1C(=O)Nc1ccc(S(=O)(=O)N(C)C2CCCCC2)cc1. The monoisotopic (exact) mass is 408 g/mol. The molecule has 0 bridgehead atoms. The van der Waals surface area contributed by atoms with Crippen LogP contribution in [0.15, 0.2) is 29.2 Å². The molecule has 1 aliphatic carbocycles. The standard InChI is InChI=1S/C18H24N4O3S2/c1-3-16-17(26-21-20-16)18(23)19-13-9-11-15(12-10-13)27(24,25)22(2)14-7-5-4-6-8-14/h9-12,14H,3-8H2,1-2H3,(H,19,23). The van der Waals surface area contributed by atoms with Crippen molar-refractivity contribution in [1.82, 2.24) is 13.9 Å². The molecule has 1 N–H and O–H groups in total. The van der Waals surface area contributed by atoms with Gasteiger partial charge in [0.1, 0.15) is 4.88 Å². The summed E-state index contributed by atoms with van der Waals surface area (Å²) in [5.74, 6) is -0.281. The zero-order chi connectivity index (χ0) is 19.4. The average Bonchev–Trinajstić information content (AvgIpc) is 3.17. The minimum absolute atomic E-state index is 0.0643. The molecule has 0 unspecified atom stereocenters. The predicted molar refractivity (Wildman–Crippen MR) is 106 cm³/mol. The average molecular weight is 409 g/mol. The van der Waals surface area contributed by atoms with E-state index in [-0.39, 0.29) is 16.8 Å². The first kappa shape index (κ1) is 19.9. The van der Waals surface area contributed by atoms with Crippen LogP contribution < -0.4 is 5.32 Å². The van der Waals surface area contributed by atoms with Gasteiger partial charge >= 0.3 is 0 Å². The lowest BCUT2D eigenvalue weighted by Gasteiger charge is -2.30. The van der Waals surface area contributed by atoms with Crippen LogP contribution in [0.25, 0.3) is 0 Å². The zero-order valence-corrected chi connectivity index (χ0v) is 17.1. The maximum atomic E-state index is 12.9. The smallest absolute Gasteiger partial charge is 0.269 e. The van der Waals surface area contributed by atoms with Crippen molar-refractivity contribution in [3.05, 3.63) is 34.8 Å². The fourth-order valence-corrected chi connectivity index (χ4v) is 5.38. The number of nitrogens with zero attached hydrogens (tertiary/aromatic N) is 3. The van der Waals surface area contributed by atoms with Gasteiger partial charge in [-0.3, -0.25) is 4.79 Å². The molecular weight excluding hydrogens is 384 g/mol. The Kier molecular flexibility index (Phi) is 6.23. The summed E-state index contributed by atoms with van der Waals surface area (Å²) in [6.07, 6.45) is 5.76. The van der Waals surface area contributed by atoms with Gasteiger partial charge in [-0.1, -0.05) is 30.7 Å². The second-order valence-corrected chi connectivity index (χ2v) is 9.45. The molecule has 2 aromatic rings. The van der Waals surface area contributed by atoms with Crippen molar-refractivity contribution in [1.29, 1.82) is 0 Å². The number of sulfonamides is 1.